The predicted octanol–water partition coefficient (Wildman–Crippen LogP) is 3.74. The van der Waals surface area contributed by atoms with Gasteiger partial charge in [-0.15, -0.1) is 0 Å². The highest BCUT2D eigenvalue weighted by Gasteiger charge is 2.30. The molecule has 1 aromatic heterocycles. The summed E-state index contributed by atoms with van der Waals surface area (Å²) in [4.78, 5) is 40.1. The van der Waals surface area contributed by atoms with Gasteiger partial charge in [-0.3, -0.25) is 14.4 Å². The first kappa shape index (κ1) is 25.7. The van der Waals surface area contributed by atoms with Crippen molar-refractivity contribution in [1.82, 2.24) is 14.7 Å². The van der Waals surface area contributed by atoms with Crippen LogP contribution in [-0.2, 0) is 16.6 Å². The summed E-state index contributed by atoms with van der Waals surface area (Å²) in [5, 5.41) is 7.17. The van der Waals surface area contributed by atoms with E-state index < -0.39 is 5.56 Å². The van der Waals surface area contributed by atoms with Crippen molar-refractivity contribution in [2.45, 2.75) is 19.8 Å². The molecule has 37 heavy (non-hydrogen) atoms. The van der Waals surface area contributed by atoms with Crippen molar-refractivity contribution in [1.29, 1.82) is 0 Å². The first-order valence-corrected chi connectivity index (χ1v) is 12.1. The zero-order valence-corrected chi connectivity index (χ0v) is 21.1. The van der Waals surface area contributed by atoms with E-state index in [0.717, 1.165) is 6.42 Å². The number of carbonyl (C=O) groups excluding carboxylic acids is 2. The highest BCUT2D eigenvalue weighted by atomic mass is 16.5. The molecule has 2 aromatic carbocycles. The van der Waals surface area contributed by atoms with Crippen LogP contribution in [-0.4, -0.2) is 53.4 Å². The van der Waals surface area contributed by atoms with Gasteiger partial charge in [-0.05, 0) is 50.1 Å². The van der Waals surface area contributed by atoms with Crippen molar-refractivity contribution in [3.8, 4) is 17.2 Å². The van der Waals surface area contributed by atoms with Crippen LogP contribution in [0.1, 0.15) is 30.1 Å². The number of ether oxygens (including phenoxy) is 3. The lowest BCUT2D eigenvalue weighted by molar-refractivity contribution is -0.149. The van der Waals surface area contributed by atoms with Crippen LogP contribution >= 0.6 is 0 Å². The van der Waals surface area contributed by atoms with Crippen molar-refractivity contribution in [3.63, 3.8) is 0 Å². The molecule has 10 nitrogen and oxygen atoms in total. The van der Waals surface area contributed by atoms with E-state index in [0.29, 0.717) is 48.9 Å². The zero-order chi connectivity index (χ0) is 26.4. The molecule has 0 radical (unpaired) electrons. The Balaban J connectivity index is 1.57. The lowest BCUT2D eigenvalue weighted by Gasteiger charge is -2.31. The molecule has 1 aliphatic rings. The third-order valence-electron chi connectivity index (χ3n) is 6.10. The number of anilines is 2. The number of nitrogens with zero attached hydrogens (tertiary/aromatic N) is 3. The van der Waals surface area contributed by atoms with Gasteiger partial charge >= 0.3 is 5.97 Å². The molecule has 0 unspecified atom stereocenters. The number of aromatic nitrogens is 2. The fraction of sp³-hybridized carbons (Fsp3) is 0.333. The molecular formula is C27H30N4O6. The Labute approximate surface area is 214 Å². The average molecular weight is 507 g/mol. The molecule has 1 amide bonds. The fourth-order valence-corrected chi connectivity index (χ4v) is 4.21. The summed E-state index contributed by atoms with van der Waals surface area (Å²) in [7, 11) is 3.07. The highest BCUT2D eigenvalue weighted by Crippen LogP contribution is 2.34. The third-order valence-corrected chi connectivity index (χ3v) is 6.10. The highest BCUT2D eigenvalue weighted by molar-refractivity contribution is 5.95. The number of para-hydroxylation sites is 2. The molecule has 1 saturated heterocycles. The Bertz CT molecular complexity index is 1340. The number of likely N-dealkylation sites (tertiary alicyclic amines) is 1. The predicted molar refractivity (Wildman–Crippen MR) is 138 cm³/mol. The van der Waals surface area contributed by atoms with Crippen LogP contribution in [0.15, 0.2) is 59.5 Å². The van der Waals surface area contributed by atoms with E-state index in [2.05, 4.69) is 10.4 Å². The molecule has 0 spiro atoms. The molecule has 4 rings (SSSR count). The number of rotatable bonds is 8. The second kappa shape index (κ2) is 11.6. The molecule has 10 heteroatoms. The van der Waals surface area contributed by atoms with Gasteiger partial charge in [-0.1, -0.05) is 18.2 Å². The summed E-state index contributed by atoms with van der Waals surface area (Å²) in [6.45, 7) is 2.96. The normalized spacial score (nSPS) is 15.1. The van der Waals surface area contributed by atoms with Crippen molar-refractivity contribution >= 4 is 23.3 Å². The van der Waals surface area contributed by atoms with Crippen LogP contribution in [0.25, 0.3) is 0 Å². The standard InChI is InChI=1S/C27H30N4O6/c1-4-36-27(34)19-10-8-14-31(17-19)25(32)18-9-7-11-20(15-18)29-24-23(16-28-30(2)26(24)33)37-22-13-6-5-12-21(22)35-3/h5-7,9,11-13,15-16,19,29H,4,8,10,14,17H2,1-3H3/t19-/m1/s1. The monoisotopic (exact) mass is 506 g/mol. The number of nitrogens with one attached hydrogen (secondary N) is 1. The molecule has 1 aliphatic heterocycles. The van der Waals surface area contributed by atoms with Crippen molar-refractivity contribution < 1.29 is 23.8 Å². The quantitative estimate of drug-likeness (QED) is 0.460. The van der Waals surface area contributed by atoms with Crippen LogP contribution in [0.4, 0.5) is 11.4 Å². The molecule has 194 valence electrons. The van der Waals surface area contributed by atoms with Gasteiger partial charge in [-0.25, -0.2) is 4.68 Å². The largest absolute Gasteiger partial charge is 0.493 e. The summed E-state index contributed by atoms with van der Waals surface area (Å²) < 4.78 is 17.7. The van der Waals surface area contributed by atoms with E-state index in [9.17, 15) is 14.4 Å². The van der Waals surface area contributed by atoms with Crippen molar-refractivity contribution in [3.05, 3.63) is 70.6 Å². The first-order chi connectivity index (χ1) is 17.9. The van der Waals surface area contributed by atoms with Crippen LogP contribution < -0.4 is 20.3 Å². The Morgan fingerprint density at radius 3 is 2.65 bits per heavy atom. The molecule has 1 N–H and O–H groups in total. The SMILES string of the molecule is CCOC(=O)[C@@H]1CCCN(C(=O)c2cccc(Nc3c(Oc4ccccc4OC)cnn(C)c3=O)c2)C1. The smallest absolute Gasteiger partial charge is 0.310 e. The van der Waals surface area contributed by atoms with Gasteiger partial charge in [0.15, 0.2) is 22.9 Å². The number of methoxy groups -OCH3 is 1. The molecule has 0 bridgehead atoms. The summed E-state index contributed by atoms with van der Waals surface area (Å²) in [6, 6.07) is 13.9. The second-order valence-corrected chi connectivity index (χ2v) is 8.61. The van der Waals surface area contributed by atoms with Gasteiger partial charge in [-0.2, -0.15) is 5.10 Å². The molecule has 3 aromatic rings. The number of piperidine rings is 1. The van der Waals surface area contributed by atoms with Gasteiger partial charge in [0.2, 0.25) is 0 Å². The number of benzene rings is 2. The maximum atomic E-state index is 13.3. The Kier molecular flexibility index (Phi) is 8.07. The molecule has 1 fully saturated rings. The fourth-order valence-electron chi connectivity index (χ4n) is 4.21. The summed E-state index contributed by atoms with van der Waals surface area (Å²) in [6.07, 6.45) is 2.86. The third kappa shape index (κ3) is 5.91. The van der Waals surface area contributed by atoms with Crippen LogP contribution in [0.2, 0.25) is 0 Å². The maximum absolute atomic E-state index is 13.3. The zero-order valence-electron chi connectivity index (χ0n) is 21.1. The van der Waals surface area contributed by atoms with E-state index in [-0.39, 0.29) is 29.2 Å². The lowest BCUT2D eigenvalue weighted by Crippen LogP contribution is -2.42. The average Bonchev–Trinajstić information content (AvgIpc) is 2.93. The Morgan fingerprint density at radius 2 is 1.89 bits per heavy atom. The molecule has 2 heterocycles. The summed E-state index contributed by atoms with van der Waals surface area (Å²) >= 11 is 0. The topological polar surface area (TPSA) is 112 Å². The molecule has 0 saturated carbocycles. The minimum absolute atomic E-state index is 0.161. The second-order valence-electron chi connectivity index (χ2n) is 8.61. The summed E-state index contributed by atoms with van der Waals surface area (Å²) in [5.74, 6) is 0.348. The van der Waals surface area contributed by atoms with Gasteiger partial charge < -0.3 is 24.4 Å². The van der Waals surface area contributed by atoms with Gasteiger partial charge in [0, 0.05) is 31.4 Å². The number of esters is 1. The van der Waals surface area contributed by atoms with E-state index >= 15 is 0 Å². The van der Waals surface area contributed by atoms with Crippen molar-refractivity contribution in [2.75, 3.05) is 32.1 Å². The van der Waals surface area contributed by atoms with Crippen LogP contribution in [0.5, 0.6) is 17.2 Å². The van der Waals surface area contributed by atoms with Crippen LogP contribution in [0.3, 0.4) is 0 Å². The number of hydrogen-bond acceptors (Lipinski definition) is 8. The minimum atomic E-state index is -0.405. The molecule has 0 aliphatic carbocycles. The lowest BCUT2D eigenvalue weighted by atomic mass is 9.97. The van der Waals surface area contributed by atoms with Crippen molar-refractivity contribution in [2.24, 2.45) is 13.0 Å². The van der Waals surface area contributed by atoms with E-state index in [1.165, 1.54) is 25.0 Å². The number of amides is 1. The number of aryl methyl sites for hydroxylation is 1. The molecule has 1 atom stereocenters. The summed E-state index contributed by atoms with van der Waals surface area (Å²) in [5.41, 5.74) is 0.719. The van der Waals surface area contributed by atoms with Gasteiger partial charge in [0.05, 0.1) is 25.8 Å². The maximum Gasteiger partial charge on any atom is 0.310 e. The number of hydrogen-bond donors (Lipinski definition) is 1. The van der Waals surface area contributed by atoms with Crippen LogP contribution in [0, 0.1) is 5.92 Å². The number of carbonyl (C=O) groups is 2. The van der Waals surface area contributed by atoms with Gasteiger partial charge in [0.25, 0.3) is 11.5 Å². The first-order valence-electron chi connectivity index (χ1n) is 12.1. The Hall–Kier alpha value is -4.34. The minimum Gasteiger partial charge on any atom is -0.493 e. The Morgan fingerprint density at radius 1 is 1.11 bits per heavy atom. The molecular weight excluding hydrogens is 476 g/mol. The van der Waals surface area contributed by atoms with E-state index in [1.54, 1.807) is 54.3 Å². The van der Waals surface area contributed by atoms with E-state index in [1.807, 2.05) is 6.07 Å². The van der Waals surface area contributed by atoms with E-state index in [4.69, 9.17) is 14.2 Å². The van der Waals surface area contributed by atoms with Gasteiger partial charge in [0.1, 0.15) is 0 Å².